The van der Waals surface area contributed by atoms with Crippen LogP contribution in [0.1, 0.15) is 38.7 Å². The topological polar surface area (TPSA) is 57.6 Å². The summed E-state index contributed by atoms with van der Waals surface area (Å²) in [5.41, 5.74) is 2.48. The number of aryl methyl sites for hydroxylation is 1. The number of benzene rings is 1. The minimum absolute atomic E-state index is 0.0932. The van der Waals surface area contributed by atoms with Crippen molar-refractivity contribution in [2.75, 3.05) is 7.05 Å². The number of amides is 1. The molecule has 0 saturated heterocycles. The number of thiophene rings is 1. The van der Waals surface area contributed by atoms with Crippen LogP contribution in [0.2, 0.25) is 0 Å². The molecule has 120 valence electrons. The Kier molecular flexibility index (Phi) is 4.22. The Morgan fingerprint density at radius 2 is 1.96 bits per heavy atom. The Labute approximate surface area is 139 Å². The van der Waals surface area contributed by atoms with Crippen LogP contribution in [0, 0.1) is 12.8 Å². The summed E-state index contributed by atoms with van der Waals surface area (Å²) in [5.74, 6) is -0.298. The molecule has 1 saturated carbocycles. The van der Waals surface area contributed by atoms with E-state index in [-0.39, 0.29) is 17.4 Å². The third-order valence-electron chi connectivity index (χ3n) is 4.34. The van der Waals surface area contributed by atoms with Crippen LogP contribution in [-0.2, 0) is 11.3 Å². The van der Waals surface area contributed by atoms with Gasteiger partial charge in [0.2, 0.25) is 5.91 Å². The third-order valence-corrected chi connectivity index (χ3v) is 5.49. The predicted octanol–water partition coefficient (Wildman–Crippen LogP) is 3.52. The highest BCUT2D eigenvalue weighted by molar-refractivity contribution is 7.10. The van der Waals surface area contributed by atoms with Crippen LogP contribution in [0.15, 0.2) is 35.7 Å². The summed E-state index contributed by atoms with van der Waals surface area (Å²) >= 11 is 1.73. The molecule has 0 radical (unpaired) electrons. The van der Waals surface area contributed by atoms with E-state index in [0.29, 0.717) is 12.5 Å². The minimum atomic E-state index is -0.937. The standard InChI is InChI=1S/C18H19NO3S/c1-11-7-8-23-16(11)14-9-15(14)17(20)19(2)10-12-3-5-13(6-4-12)18(21)22/h3-8,14-15H,9-10H2,1-2H3,(H,21,22)/t14-,15+/m0/s1. The maximum absolute atomic E-state index is 12.5. The summed E-state index contributed by atoms with van der Waals surface area (Å²) in [6.45, 7) is 2.60. The highest BCUT2D eigenvalue weighted by Gasteiger charge is 2.46. The number of hydrogen-bond acceptors (Lipinski definition) is 3. The average Bonchev–Trinajstić information content (AvgIpc) is 3.21. The first kappa shape index (κ1) is 15.7. The lowest BCUT2D eigenvalue weighted by Crippen LogP contribution is -2.28. The molecular formula is C18H19NO3S. The van der Waals surface area contributed by atoms with Crippen LogP contribution in [0.25, 0.3) is 0 Å². The molecule has 1 aliphatic carbocycles. The van der Waals surface area contributed by atoms with E-state index in [9.17, 15) is 9.59 Å². The van der Waals surface area contributed by atoms with Gasteiger partial charge in [-0.3, -0.25) is 4.79 Å². The van der Waals surface area contributed by atoms with Gasteiger partial charge in [-0.2, -0.15) is 0 Å². The summed E-state index contributed by atoms with van der Waals surface area (Å²) < 4.78 is 0. The normalized spacial score (nSPS) is 19.4. The summed E-state index contributed by atoms with van der Waals surface area (Å²) in [6.07, 6.45) is 0.933. The van der Waals surface area contributed by atoms with Crippen molar-refractivity contribution in [3.63, 3.8) is 0 Å². The Hall–Kier alpha value is -2.14. The smallest absolute Gasteiger partial charge is 0.335 e. The van der Waals surface area contributed by atoms with Gasteiger partial charge in [0.1, 0.15) is 0 Å². The van der Waals surface area contributed by atoms with Crippen molar-refractivity contribution in [3.8, 4) is 0 Å². The minimum Gasteiger partial charge on any atom is -0.478 e. The second-order valence-electron chi connectivity index (χ2n) is 6.11. The quantitative estimate of drug-likeness (QED) is 0.913. The van der Waals surface area contributed by atoms with Crippen molar-refractivity contribution in [1.29, 1.82) is 0 Å². The van der Waals surface area contributed by atoms with Crippen LogP contribution in [0.4, 0.5) is 0 Å². The molecule has 1 aromatic carbocycles. The van der Waals surface area contributed by atoms with Crippen LogP contribution in [-0.4, -0.2) is 28.9 Å². The Morgan fingerprint density at radius 3 is 2.52 bits per heavy atom. The fraction of sp³-hybridized carbons (Fsp3) is 0.333. The van der Waals surface area contributed by atoms with Gasteiger partial charge in [0.05, 0.1) is 5.56 Å². The number of rotatable bonds is 5. The highest BCUT2D eigenvalue weighted by Crippen LogP contribution is 2.51. The zero-order chi connectivity index (χ0) is 16.6. The number of hydrogen-bond donors (Lipinski definition) is 1. The number of carbonyl (C=O) groups is 2. The summed E-state index contributed by atoms with van der Waals surface area (Å²) in [4.78, 5) is 26.5. The lowest BCUT2D eigenvalue weighted by atomic mass is 10.1. The van der Waals surface area contributed by atoms with Gasteiger partial charge in [-0.1, -0.05) is 12.1 Å². The van der Waals surface area contributed by atoms with Crippen LogP contribution < -0.4 is 0 Å². The summed E-state index contributed by atoms with van der Waals surface area (Å²) in [5, 5.41) is 11.0. The molecule has 0 unspecified atom stereocenters. The fourth-order valence-electron chi connectivity index (χ4n) is 2.91. The number of nitrogens with zero attached hydrogens (tertiary/aromatic N) is 1. The van der Waals surface area contributed by atoms with Gasteiger partial charge in [-0.25, -0.2) is 4.79 Å². The number of carbonyl (C=O) groups excluding carboxylic acids is 1. The molecular weight excluding hydrogens is 310 g/mol. The molecule has 5 heteroatoms. The van der Waals surface area contributed by atoms with E-state index in [2.05, 4.69) is 18.4 Å². The zero-order valence-corrected chi connectivity index (χ0v) is 14.0. The largest absolute Gasteiger partial charge is 0.478 e. The molecule has 3 rings (SSSR count). The molecule has 4 nitrogen and oxygen atoms in total. The second-order valence-corrected chi connectivity index (χ2v) is 7.06. The first-order valence-corrected chi connectivity index (χ1v) is 8.46. The fourth-order valence-corrected chi connectivity index (χ4v) is 4.02. The molecule has 1 amide bonds. The number of carboxylic acid groups (broad SMARTS) is 1. The maximum atomic E-state index is 12.5. The number of carboxylic acids is 1. The van der Waals surface area contributed by atoms with Gasteiger partial charge < -0.3 is 10.0 Å². The molecule has 23 heavy (non-hydrogen) atoms. The molecule has 1 N–H and O–H groups in total. The highest BCUT2D eigenvalue weighted by atomic mass is 32.1. The molecule has 2 aromatic rings. The van der Waals surface area contributed by atoms with Crippen molar-refractivity contribution in [3.05, 3.63) is 57.3 Å². The monoisotopic (exact) mass is 329 g/mol. The second kappa shape index (κ2) is 6.16. The Balaban J connectivity index is 1.60. The van der Waals surface area contributed by atoms with Crippen molar-refractivity contribution in [1.82, 2.24) is 4.90 Å². The van der Waals surface area contributed by atoms with Gasteiger partial charge in [0, 0.05) is 30.3 Å². The average molecular weight is 329 g/mol. The van der Waals surface area contributed by atoms with Crippen LogP contribution >= 0.6 is 11.3 Å². The maximum Gasteiger partial charge on any atom is 0.335 e. The van der Waals surface area contributed by atoms with E-state index in [1.165, 1.54) is 10.4 Å². The van der Waals surface area contributed by atoms with E-state index in [1.807, 2.05) is 7.05 Å². The molecule has 2 atom stereocenters. The van der Waals surface area contributed by atoms with E-state index < -0.39 is 5.97 Å². The van der Waals surface area contributed by atoms with Gasteiger partial charge in [-0.05, 0) is 48.1 Å². The predicted molar refractivity (Wildman–Crippen MR) is 89.8 cm³/mol. The Morgan fingerprint density at radius 1 is 1.26 bits per heavy atom. The number of aromatic carboxylic acids is 1. The van der Waals surface area contributed by atoms with Gasteiger partial charge in [-0.15, -0.1) is 11.3 Å². The summed E-state index contributed by atoms with van der Waals surface area (Å²) in [7, 11) is 1.81. The molecule has 1 fully saturated rings. The van der Waals surface area contributed by atoms with Crippen LogP contribution in [0.5, 0.6) is 0 Å². The SMILES string of the molecule is Cc1ccsc1[C@H]1C[C@H]1C(=O)N(C)Cc1ccc(C(=O)O)cc1. The zero-order valence-electron chi connectivity index (χ0n) is 13.2. The van der Waals surface area contributed by atoms with E-state index in [1.54, 1.807) is 40.5 Å². The molecule has 0 aliphatic heterocycles. The third kappa shape index (κ3) is 3.29. The van der Waals surface area contributed by atoms with Gasteiger partial charge in [0.25, 0.3) is 0 Å². The summed E-state index contributed by atoms with van der Waals surface area (Å²) in [6, 6.07) is 8.78. The van der Waals surface area contributed by atoms with Crippen molar-refractivity contribution >= 4 is 23.2 Å². The van der Waals surface area contributed by atoms with E-state index >= 15 is 0 Å². The lowest BCUT2D eigenvalue weighted by molar-refractivity contribution is -0.131. The van der Waals surface area contributed by atoms with Crippen molar-refractivity contribution < 1.29 is 14.7 Å². The van der Waals surface area contributed by atoms with Gasteiger partial charge >= 0.3 is 5.97 Å². The first-order chi connectivity index (χ1) is 11.0. The molecule has 1 aliphatic rings. The van der Waals surface area contributed by atoms with Crippen LogP contribution in [0.3, 0.4) is 0 Å². The first-order valence-electron chi connectivity index (χ1n) is 7.58. The van der Waals surface area contributed by atoms with Crippen molar-refractivity contribution in [2.24, 2.45) is 5.92 Å². The van der Waals surface area contributed by atoms with E-state index in [4.69, 9.17) is 5.11 Å². The molecule has 1 aromatic heterocycles. The van der Waals surface area contributed by atoms with Gasteiger partial charge in [0.15, 0.2) is 0 Å². The molecule has 0 bridgehead atoms. The molecule has 0 spiro atoms. The Bertz CT molecular complexity index is 735. The van der Waals surface area contributed by atoms with Crippen molar-refractivity contribution in [2.45, 2.75) is 25.8 Å². The van der Waals surface area contributed by atoms with E-state index in [0.717, 1.165) is 12.0 Å². The lowest BCUT2D eigenvalue weighted by Gasteiger charge is -2.17. The molecule has 1 heterocycles.